The van der Waals surface area contributed by atoms with E-state index in [4.69, 9.17) is 9.47 Å². The molecule has 5 nitrogen and oxygen atoms in total. The van der Waals surface area contributed by atoms with E-state index >= 15 is 0 Å². The van der Waals surface area contributed by atoms with Crippen molar-refractivity contribution in [2.45, 2.75) is 18.9 Å². The van der Waals surface area contributed by atoms with Crippen LogP contribution in [0.5, 0.6) is 11.5 Å². The van der Waals surface area contributed by atoms with Crippen molar-refractivity contribution < 1.29 is 40.4 Å². The van der Waals surface area contributed by atoms with Crippen LogP contribution in [0.1, 0.15) is 23.2 Å². The van der Waals surface area contributed by atoms with Gasteiger partial charge in [-0.3, -0.25) is 0 Å². The van der Waals surface area contributed by atoms with Gasteiger partial charge in [0.2, 0.25) is 0 Å². The number of methoxy groups -OCH3 is 1. The summed E-state index contributed by atoms with van der Waals surface area (Å²) in [6.45, 7) is 0.811. The molecule has 1 saturated heterocycles. The third-order valence-electron chi connectivity index (χ3n) is 4.67. The van der Waals surface area contributed by atoms with Crippen LogP contribution in [-0.4, -0.2) is 40.8 Å². The predicted octanol–water partition coefficient (Wildman–Crippen LogP) is 3.05. The number of amides is 1. The number of benzene rings is 2. The Hall–Kier alpha value is -1.62. The van der Waals surface area contributed by atoms with Gasteiger partial charge in [0, 0.05) is 0 Å². The fourth-order valence-corrected chi connectivity index (χ4v) is 4.33. The molecule has 0 spiro atoms. The van der Waals surface area contributed by atoms with Gasteiger partial charge < -0.3 is 0 Å². The summed E-state index contributed by atoms with van der Waals surface area (Å²) < 4.78 is 11.9. The molecule has 118 valence electrons. The molecule has 2 aromatic rings. The van der Waals surface area contributed by atoms with E-state index < -0.39 is 0 Å². The monoisotopic (exact) mass is 511 g/mol. The van der Waals surface area contributed by atoms with Gasteiger partial charge in [-0.2, -0.15) is 0 Å². The Kier molecular flexibility index (Phi) is 4.20. The van der Waals surface area contributed by atoms with Crippen LogP contribution >= 0.6 is 0 Å². The first-order valence-corrected chi connectivity index (χ1v) is 12.0. The summed E-state index contributed by atoms with van der Waals surface area (Å²) in [5, 5.41) is 1.98. The van der Waals surface area contributed by atoms with Gasteiger partial charge in [-0.05, 0) is 0 Å². The Labute approximate surface area is 156 Å². The molecule has 4 rings (SSSR count). The number of nitrogens with zero attached hydrogens (tertiary/aromatic N) is 2. The zero-order valence-electron chi connectivity index (χ0n) is 13.6. The maximum atomic E-state index is 12.9. The van der Waals surface area contributed by atoms with Gasteiger partial charge in [-0.25, -0.2) is 0 Å². The molecule has 1 fully saturated rings. The van der Waals surface area contributed by atoms with Crippen LogP contribution in [0, 0.1) is 0 Å². The molecule has 0 saturated carbocycles. The first-order chi connectivity index (χ1) is 11.7. The van der Waals surface area contributed by atoms with Crippen molar-refractivity contribution in [1.82, 2.24) is 4.90 Å². The van der Waals surface area contributed by atoms with Crippen LogP contribution in [0.25, 0.3) is 10.8 Å². The summed E-state index contributed by atoms with van der Waals surface area (Å²) in [7, 11) is 1.64. The first kappa shape index (κ1) is 15.9. The average molecular weight is 510 g/mol. The molecule has 0 N–H and O–H groups in total. The Balaban J connectivity index is 1.88. The predicted molar refractivity (Wildman–Crippen MR) is 88.2 cm³/mol. The van der Waals surface area contributed by atoms with Gasteiger partial charge in [0.1, 0.15) is 0 Å². The molecule has 1 amide bonds. The Morgan fingerprint density at radius 2 is 2.04 bits per heavy atom. The van der Waals surface area contributed by atoms with Crippen molar-refractivity contribution in [3.63, 3.8) is 0 Å². The molecule has 0 bridgehead atoms. The molecule has 0 aliphatic carbocycles. The van der Waals surface area contributed by atoms with Gasteiger partial charge in [0.25, 0.3) is 0 Å². The normalized spacial score (nSPS) is 19.2. The number of carbonyl (C=O) groups is 1. The van der Waals surface area contributed by atoms with Crippen molar-refractivity contribution >= 4 is 28.6 Å². The average Bonchev–Trinajstić information content (AvgIpc) is 3.02. The Bertz CT molecular complexity index is 850. The molecular formula is C18H17HgN2O3+. The standard InChI is InChI=1S/C18H17N2O3.Hg/c1-22-16-8-11-6-14-15(7-12(11)9-17(16)23-2)19-10-13-4-3-5-20(13)18(14)21;/h6-10,13H,2-5H2,1H3;/q;+1. The van der Waals surface area contributed by atoms with Gasteiger partial charge in [-0.1, -0.05) is 0 Å². The van der Waals surface area contributed by atoms with Crippen LogP contribution in [0.4, 0.5) is 5.69 Å². The van der Waals surface area contributed by atoms with Crippen LogP contribution < -0.4 is 9.47 Å². The molecule has 1 atom stereocenters. The molecule has 2 aliphatic rings. The quantitative estimate of drug-likeness (QED) is 0.598. The minimum absolute atomic E-state index is 0.0770. The van der Waals surface area contributed by atoms with E-state index in [1.807, 2.05) is 35.4 Å². The molecule has 24 heavy (non-hydrogen) atoms. The summed E-state index contributed by atoms with van der Waals surface area (Å²) >= 11 is 0.566. The number of fused-ring (bicyclic) bond motifs is 3. The maximum absolute atomic E-state index is 12.9. The van der Waals surface area contributed by atoms with Crippen molar-refractivity contribution in [1.29, 1.82) is 0 Å². The fraction of sp³-hybridized carbons (Fsp3) is 0.333. The SMILES string of the molecule is COc1cc2cc3c(cc2cc1O[CH2][Hg+])N=CC1CCCN1C3=O. The van der Waals surface area contributed by atoms with Gasteiger partial charge in [0.05, 0.1) is 0 Å². The summed E-state index contributed by atoms with van der Waals surface area (Å²) in [5.41, 5.74) is 1.41. The van der Waals surface area contributed by atoms with Crippen molar-refractivity contribution in [2.75, 3.05) is 17.8 Å². The zero-order valence-corrected chi connectivity index (χ0v) is 19.1. The fourth-order valence-electron chi connectivity index (χ4n) is 3.48. The molecule has 0 aromatic heterocycles. The summed E-state index contributed by atoms with van der Waals surface area (Å²) in [4.78, 5) is 19.4. The van der Waals surface area contributed by atoms with Crippen molar-refractivity contribution in [2.24, 2.45) is 4.99 Å². The van der Waals surface area contributed by atoms with Crippen LogP contribution in [0.15, 0.2) is 29.3 Å². The topological polar surface area (TPSA) is 51.1 Å². The molecule has 0 radical (unpaired) electrons. The minimum atomic E-state index is 0.0770. The Morgan fingerprint density at radius 3 is 2.83 bits per heavy atom. The molecule has 1 unspecified atom stereocenters. The van der Waals surface area contributed by atoms with Crippen LogP contribution in [0.2, 0.25) is 0 Å². The Morgan fingerprint density at radius 1 is 1.25 bits per heavy atom. The zero-order chi connectivity index (χ0) is 16.7. The summed E-state index contributed by atoms with van der Waals surface area (Å²) in [6, 6.07) is 7.96. The second-order valence-electron chi connectivity index (χ2n) is 6.05. The van der Waals surface area contributed by atoms with Gasteiger partial charge >= 0.3 is 157 Å². The summed E-state index contributed by atoms with van der Waals surface area (Å²) in [6.07, 6.45) is 3.96. The third kappa shape index (κ3) is 2.59. The van der Waals surface area contributed by atoms with Gasteiger partial charge in [0.15, 0.2) is 0 Å². The molecule has 2 aromatic carbocycles. The number of rotatable bonds is 3. The number of carbonyl (C=O) groups excluding carboxylic acids is 1. The molecule has 2 heterocycles. The van der Waals surface area contributed by atoms with E-state index in [0.29, 0.717) is 37.4 Å². The third-order valence-corrected chi connectivity index (χ3v) is 5.46. The van der Waals surface area contributed by atoms with Crippen molar-refractivity contribution in [3.8, 4) is 11.5 Å². The van der Waals surface area contributed by atoms with E-state index in [2.05, 4.69) is 4.99 Å². The summed E-state index contributed by atoms with van der Waals surface area (Å²) in [5.74, 6) is 1.54. The number of ether oxygens (including phenoxy) is 2. The van der Waals surface area contributed by atoms with Crippen LogP contribution in [0.3, 0.4) is 0 Å². The van der Waals surface area contributed by atoms with E-state index in [0.717, 1.165) is 45.7 Å². The first-order valence-electron chi connectivity index (χ1n) is 8.14. The van der Waals surface area contributed by atoms with Crippen LogP contribution in [-0.2, 0) is 26.1 Å². The second-order valence-corrected chi connectivity index (χ2v) is 7.64. The number of hydrogen-bond acceptors (Lipinski definition) is 4. The number of hydrogen-bond donors (Lipinski definition) is 0. The molecule has 2 aliphatic heterocycles. The van der Waals surface area contributed by atoms with Gasteiger partial charge in [-0.15, -0.1) is 0 Å². The van der Waals surface area contributed by atoms with E-state index in [9.17, 15) is 4.79 Å². The molecular weight excluding hydrogens is 493 g/mol. The number of aliphatic imine (C=N–C) groups is 1. The van der Waals surface area contributed by atoms with Crippen molar-refractivity contribution in [3.05, 3.63) is 29.8 Å². The second kappa shape index (κ2) is 6.35. The van der Waals surface area contributed by atoms with E-state index in [-0.39, 0.29) is 11.9 Å². The van der Waals surface area contributed by atoms with E-state index in [1.165, 1.54) is 0 Å². The van der Waals surface area contributed by atoms with E-state index in [1.54, 1.807) is 7.11 Å². The molecule has 6 heteroatoms.